The maximum atomic E-state index is 14.6. The van der Waals surface area contributed by atoms with E-state index >= 15 is 0 Å². The Morgan fingerprint density at radius 3 is 2.29 bits per heavy atom. The third-order valence-electron chi connectivity index (χ3n) is 11.0. The van der Waals surface area contributed by atoms with Crippen molar-refractivity contribution in [1.82, 2.24) is 15.2 Å². The van der Waals surface area contributed by atoms with Gasteiger partial charge in [0.15, 0.2) is 11.5 Å². The van der Waals surface area contributed by atoms with Crippen LogP contribution in [0.3, 0.4) is 0 Å². The van der Waals surface area contributed by atoms with Gasteiger partial charge in [0.25, 0.3) is 0 Å². The molecule has 0 aliphatic carbocycles. The molecular formula is C41H47F3N6O5. The number of hydrogen-bond acceptors (Lipinski definition) is 8. The number of anilines is 3. The van der Waals surface area contributed by atoms with Crippen molar-refractivity contribution in [3.8, 4) is 23.0 Å². The van der Waals surface area contributed by atoms with Crippen molar-refractivity contribution >= 4 is 39.9 Å². The molecule has 11 nitrogen and oxygen atoms in total. The number of nitrogens with one attached hydrogen (secondary N) is 1. The van der Waals surface area contributed by atoms with Crippen LogP contribution < -0.4 is 34.2 Å². The highest BCUT2D eigenvalue weighted by atomic mass is 19.4. The fourth-order valence-corrected chi connectivity index (χ4v) is 7.96. The van der Waals surface area contributed by atoms with E-state index in [4.69, 9.17) is 14.2 Å². The SMILES string of the molecule is COc1cc2nccc(Oc3cccc(N4CCN(c5ccc(N6CCC(NC(=O)CCC7CCCCN7C)CC6)c(C(F)(F)F)c5)C4=O)c3)c2cc1OC. The number of halogens is 3. The lowest BCUT2D eigenvalue weighted by atomic mass is 9.98. The van der Waals surface area contributed by atoms with Crippen LogP contribution in [0, 0.1) is 0 Å². The van der Waals surface area contributed by atoms with E-state index in [1.807, 2.05) is 0 Å². The zero-order chi connectivity index (χ0) is 38.7. The average Bonchev–Trinajstić information content (AvgIpc) is 3.58. The van der Waals surface area contributed by atoms with Gasteiger partial charge in [0.05, 0.1) is 25.3 Å². The minimum Gasteiger partial charge on any atom is -0.493 e. The summed E-state index contributed by atoms with van der Waals surface area (Å²) >= 11 is 0. The summed E-state index contributed by atoms with van der Waals surface area (Å²) in [6.45, 7) is 2.30. The van der Waals surface area contributed by atoms with Crippen LogP contribution in [0.15, 0.2) is 66.9 Å². The van der Waals surface area contributed by atoms with E-state index in [-0.39, 0.29) is 36.4 Å². The quantitative estimate of drug-likeness (QED) is 0.165. The van der Waals surface area contributed by atoms with E-state index in [0.29, 0.717) is 78.0 Å². The van der Waals surface area contributed by atoms with Crippen LogP contribution in [0.5, 0.6) is 23.0 Å². The number of aromatic nitrogens is 1. The number of likely N-dealkylation sites (tertiary alicyclic amines) is 1. The summed E-state index contributed by atoms with van der Waals surface area (Å²) in [4.78, 5) is 37.9. The van der Waals surface area contributed by atoms with E-state index in [2.05, 4.69) is 22.2 Å². The molecule has 3 saturated heterocycles. The van der Waals surface area contributed by atoms with E-state index in [1.165, 1.54) is 28.7 Å². The number of piperidine rings is 2. The number of urea groups is 1. The molecule has 1 aromatic heterocycles. The number of fused-ring (bicyclic) bond motifs is 1. The number of ether oxygens (including phenoxy) is 3. The number of amides is 3. The van der Waals surface area contributed by atoms with Crippen LogP contribution in [0.25, 0.3) is 10.9 Å². The molecule has 0 radical (unpaired) electrons. The molecule has 292 valence electrons. The second-order valence-electron chi connectivity index (χ2n) is 14.4. The molecule has 0 bridgehead atoms. The molecule has 3 aliphatic heterocycles. The van der Waals surface area contributed by atoms with E-state index in [0.717, 1.165) is 25.5 Å². The van der Waals surface area contributed by atoms with Gasteiger partial charge in [-0.1, -0.05) is 12.5 Å². The number of benzene rings is 3. The molecule has 4 aromatic rings. The predicted molar refractivity (Wildman–Crippen MR) is 206 cm³/mol. The maximum Gasteiger partial charge on any atom is 0.418 e. The topological polar surface area (TPSA) is 99.7 Å². The van der Waals surface area contributed by atoms with Crippen molar-refractivity contribution in [2.24, 2.45) is 0 Å². The lowest BCUT2D eigenvalue weighted by molar-refractivity contribution is -0.137. The van der Waals surface area contributed by atoms with Crippen molar-refractivity contribution in [2.45, 2.75) is 63.2 Å². The van der Waals surface area contributed by atoms with Crippen LogP contribution in [0.2, 0.25) is 0 Å². The third kappa shape index (κ3) is 8.38. The van der Waals surface area contributed by atoms with Gasteiger partial charge in [-0.15, -0.1) is 0 Å². The Hall–Kier alpha value is -5.24. The first kappa shape index (κ1) is 38.1. The molecule has 3 aliphatic rings. The normalized spacial score (nSPS) is 18.5. The summed E-state index contributed by atoms with van der Waals surface area (Å²) in [5, 5.41) is 3.81. The minimum absolute atomic E-state index is 0.00567. The molecule has 1 unspecified atom stereocenters. The molecule has 14 heteroatoms. The second-order valence-corrected chi connectivity index (χ2v) is 14.4. The monoisotopic (exact) mass is 760 g/mol. The largest absolute Gasteiger partial charge is 0.493 e. The van der Waals surface area contributed by atoms with Gasteiger partial charge in [-0.25, -0.2) is 4.79 Å². The van der Waals surface area contributed by atoms with Gasteiger partial charge in [-0.2, -0.15) is 13.2 Å². The summed E-state index contributed by atoms with van der Waals surface area (Å²) in [6, 6.07) is 16.3. The highest BCUT2D eigenvalue weighted by molar-refractivity contribution is 6.06. The Bertz CT molecular complexity index is 2020. The molecule has 3 fully saturated rings. The Morgan fingerprint density at radius 1 is 0.855 bits per heavy atom. The lowest BCUT2D eigenvalue weighted by Crippen LogP contribution is -2.45. The van der Waals surface area contributed by atoms with Crippen molar-refractivity contribution in [2.75, 3.05) is 68.7 Å². The molecule has 7 rings (SSSR count). The highest BCUT2D eigenvalue weighted by Gasteiger charge is 2.38. The Morgan fingerprint density at radius 2 is 1.58 bits per heavy atom. The number of hydrogen-bond donors (Lipinski definition) is 1. The average molecular weight is 761 g/mol. The smallest absolute Gasteiger partial charge is 0.418 e. The van der Waals surface area contributed by atoms with Crippen LogP contribution in [-0.2, 0) is 11.0 Å². The fourth-order valence-electron chi connectivity index (χ4n) is 7.96. The van der Waals surface area contributed by atoms with Crippen molar-refractivity contribution < 1.29 is 37.0 Å². The number of alkyl halides is 3. The van der Waals surface area contributed by atoms with Crippen molar-refractivity contribution in [3.63, 3.8) is 0 Å². The molecule has 3 amide bonds. The fraction of sp³-hybridized carbons (Fsp3) is 0.439. The van der Waals surface area contributed by atoms with Crippen molar-refractivity contribution in [3.05, 3.63) is 72.4 Å². The Kier molecular flexibility index (Phi) is 11.2. The molecule has 4 heterocycles. The van der Waals surface area contributed by atoms with Crippen LogP contribution in [0.4, 0.5) is 35.0 Å². The zero-order valence-corrected chi connectivity index (χ0v) is 31.4. The number of methoxy groups -OCH3 is 2. The van der Waals surface area contributed by atoms with E-state index < -0.39 is 17.8 Å². The van der Waals surface area contributed by atoms with E-state index in [9.17, 15) is 22.8 Å². The van der Waals surface area contributed by atoms with Gasteiger partial charge in [-0.05, 0) is 88.2 Å². The number of carbonyl (C=O) groups excluding carboxylic acids is 2. The van der Waals surface area contributed by atoms with E-state index in [1.54, 1.807) is 73.8 Å². The Balaban J connectivity index is 1.00. The first-order valence-electron chi connectivity index (χ1n) is 18.9. The Labute approximate surface area is 318 Å². The first-order chi connectivity index (χ1) is 26.5. The molecule has 0 saturated carbocycles. The lowest BCUT2D eigenvalue weighted by Gasteiger charge is -2.36. The summed E-state index contributed by atoms with van der Waals surface area (Å²) < 4.78 is 60.9. The van der Waals surface area contributed by atoms with Gasteiger partial charge < -0.3 is 29.3 Å². The standard InChI is InChI=1S/C41H47F3N6O5/c1-47-18-5-4-7-28(47)11-13-39(51)46-27-15-19-48(20-16-27)35-12-10-30(24-33(35)41(42,43)44)50-22-21-49(40(50)52)29-8-6-9-31(23-29)55-36-14-17-45-34-26-38(54-3)37(53-2)25-32(34)36/h6,8-10,12,14,17,23-28H,4-5,7,11,13,15-16,18-22H2,1-3H3,(H,46,51). The summed E-state index contributed by atoms with van der Waals surface area (Å²) in [5.41, 5.74) is 0.655. The second kappa shape index (κ2) is 16.2. The number of nitrogens with zero attached hydrogens (tertiary/aromatic N) is 5. The molecular weight excluding hydrogens is 713 g/mol. The summed E-state index contributed by atoms with van der Waals surface area (Å²) in [7, 11) is 5.20. The van der Waals surface area contributed by atoms with Crippen LogP contribution >= 0.6 is 0 Å². The van der Waals surface area contributed by atoms with Gasteiger partial charge in [0.1, 0.15) is 11.5 Å². The maximum absolute atomic E-state index is 14.6. The van der Waals surface area contributed by atoms with Crippen LogP contribution in [0.1, 0.15) is 50.5 Å². The van der Waals surface area contributed by atoms with Crippen molar-refractivity contribution in [1.29, 1.82) is 0 Å². The molecule has 3 aromatic carbocycles. The van der Waals surface area contributed by atoms with Gasteiger partial charge in [0, 0.05) is 85.5 Å². The zero-order valence-electron chi connectivity index (χ0n) is 31.4. The first-order valence-corrected chi connectivity index (χ1v) is 18.9. The predicted octanol–water partition coefficient (Wildman–Crippen LogP) is 7.86. The van der Waals surface area contributed by atoms with Gasteiger partial charge >= 0.3 is 12.2 Å². The molecule has 1 atom stereocenters. The number of rotatable bonds is 11. The van der Waals surface area contributed by atoms with Crippen LogP contribution in [-0.4, -0.2) is 87.9 Å². The molecule has 55 heavy (non-hydrogen) atoms. The summed E-state index contributed by atoms with van der Waals surface area (Å²) in [5.74, 6) is 2.04. The molecule has 0 spiro atoms. The third-order valence-corrected chi connectivity index (χ3v) is 11.0. The van der Waals surface area contributed by atoms with Gasteiger partial charge in [-0.3, -0.25) is 19.6 Å². The minimum atomic E-state index is -4.64. The summed E-state index contributed by atoms with van der Waals surface area (Å²) in [6.07, 6.45) is 2.85. The van der Waals surface area contributed by atoms with Gasteiger partial charge in [0.2, 0.25) is 5.91 Å². The molecule has 1 N–H and O–H groups in total. The number of carbonyl (C=O) groups is 2. The number of pyridine rings is 1. The highest BCUT2D eigenvalue weighted by Crippen LogP contribution is 2.41.